The van der Waals surface area contributed by atoms with Crippen LogP contribution in [0.4, 0.5) is 5.00 Å². The van der Waals surface area contributed by atoms with Crippen LogP contribution in [0, 0.1) is 5.92 Å². The minimum absolute atomic E-state index is 0.271. The van der Waals surface area contributed by atoms with Crippen LogP contribution in [0.3, 0.4) is 0 Å². The van der Waals surface area contributed by atoms with E-state index in [1.807, 2.05) is 17.5 Å². The maximum Gasteiger partial charge on any atom is 0.306 e. The molecule has 2 N–H and O–H groups in total. The van der Waals surface area contributed by atoms with Gasteiger partial charge in [0.2, 0.25) is 0 Å². The number of anilines is 1. The monoisotopic (exact) mass is 199 g/mol. The Labute approximate surface area is 81.4 Å². The van der Waals surface area contributed by atoms with Crippen molar-refractivity contribution in [1.82, 2.24) is 0 Å². The average Bonchev–Trinajstić information content (AvgIpc) is 2.56. The molecule has 0 aliphatic heterocycles. The molecule has 4 heteroatoms. The zero-order valence-electron chi connectivity index (χ0n) is 7.49. The second-order valence-corrected chi connectivity index (χ2v) is 3.88. The predicted octanol–water partition coefficient (Wildman–Crippen LogP) is 2.27. The molecule has 1 heterocycles. The van der Waals surface area contributed by atoms with Gasteiger partial charge in [-0.15, -0.1) is 11.3 Å². The van der Waals surface area contributed by atoms with E-state index in [1.54, 1.807) is 18.3 Å². The van der Waals surface area contributed by atoms with E-state index in [-0.39, 0.29) is 5.92 Å². The summed E-state index contributed by atoms with van der Waals surface area (Å²) in [5, 5.41) is 14.9. The van der Waals surface area contributed by atoms with Gasteiger partial charge in [0, 0.05) is 6.54 Å². The molecule has 1 aromatic heterocycles. The predicted molar refractivity (Wildman–Crippen MR) is 54.2 cm³/mol. The van der Waals surface area contributed by atoms with E-state index in [0.29, 0.717) is 13.0 Å². The average molecular weight is 199 g/mol. The van der Waals surface area contributed by atoms with E-state index in [1.165, 1.54) is 0 Å². The Bertz CT molecular complexity index is 259. The summed E-state index contributed by atoms with van der Waals surface area (Å²) in [7, 11) is 0. The van der Waals surface area contributed by atoms with Crippen molar-refractivity contribution in [2.75, 3.05) is 11.9 Å². The van der Waals surface area contributed by atoms with Crippen LogP contribution in [0.15, 0.2) is 17.5 Å². The summed E-state index contributed by atoms with van der Waals surface area (Å²) in [4.78, 5) is 10.5. The van der Waals surface area contributed by atoms with Crippen LogP contribution in [-0.4, -0.2) is 17.6 Å². The molecule has 0 aliphatic carbocycles. The second kappa shape index (κ2) is 4.87. The molecule has 0 bridgehead atoms. The van der Waals surface area contributed by atoms with Crippen molar-refractivity contribution >= 4 is 22.3 Å². The highest BCUT2D eigenvalue weighted by molar-refractivity contribution is 7.14. The summed E-state index contributed by atoms with van der Waals surface area (Å²) in [5.41, 5.74) is 0. The number of carboxylic acid groups (broad SMARTS) is 1. The summed E-state index contributed by atoms with van der Waals surface area (Å²) in [6.45, 7) is 2.44. The number of hydrogen-bond acceptors (Lipinski definition) is 3. The number of hydrogen-bond donors (Lipinski definition) is 2. The van der Waals surface area contributed by atoms with Gasteiger partial charge in [-0.25, -0.2) is 0 Å². The van der Waals surface area contributed by atoms with Crippen LogP contribution in [0.25, 0.3) is 0 Å². The Hall–Kier alpha value is -1.03. The Kier molecular flexibility index (Phi) is 3.76. The highest BCUT2D eigenvalue weighted by Crippen LogP contribution is 2.15. The lowest BCUT2D eigenvalue weighted by atomic mass is 10.1. The van der Waals surface area contributed by atoms with Gasteiger partial charge in [-0.05, 0) is 23.9 Å². The first-order valence-electron chi connectivity index (χ1n) is 4.20. The third-order valence-electron chi connectivity index (χ3n) is 1.82. The van der Waals surface area contributed by atoms with E-state index in [2.05, 4.69) is 5.32 Å². The van der Waals surface area contributed by atoms with Gasteiger partial charge in [-0.1, -0.05) is 6.92 Å². The first-order chi connectivity index (χ1) is 6.20. The smallest absolute Gasteiger partial charge is 0.306 e. The minimum Gasteiger partial charge on any atom is -0.481 e. The van der Waals surface area contributed by atoms with Crippen LogP contribution < -0.4 is 5.32 Å². The van der Waals surface area contributed by atoms with Crippen LogP contribution in [0.5, 0.6) is 0 Å². The second-order valence-electron chi connectivity index (χ2n) is 2.93. The summed E-state index contributed by atoms with van der Waals surface area (Å²) in [5.74, 6) is -1.000. The zero-order chi connectivity index (χ0) is 9.68. The molecule has 0 aliphatic rings. The molecule has 0 fully saturated rings. The largest absolute Gasteiger partial charge is 0.481 e. The SMILES string of the molecule is CC(CCNc1cccs1)C(=O)O. The third-order valence-corrected chi connectivity index (χ3v) is 2.65. The van der Waals surface area contributed by atoms with E-state index in [0.717, 1.165) is 5.00 Å². The Balaban J connectivity index is 2.18. The summed E-state index contributed by atoms with van der Waals surface area (Å²) < 4.78 is 0. The van der Waals surface area contributed by atoms with Crippen molar-refractivity contribution in [3.05, 3.63) is 17.5 Å². The van der Waals surface area contributed by atoms with Crippen molar-refractivity contribution in [3.63, 3.8) is 0 Å². The molecule has 13 heavy (non-hydrogen) atoms. The van der Waals surface area contributed by atoms with Crippen molar-refractivity contribution in [2.45, 2.75) is 13.3 Å². The normalized spacial score (nSPS) is 12.4. The van der Waals surface area contributed by atoms with Gasteiger partial charge in [-0.2, -0.15) is 0 Å². The molecule has 3 nitrogen and oxygen atoms in total. The maximum absolute atomic E-state index is 10.5. The lowest BCUT2D eigenvalue weighted by Crippen LogP contribution is -2.14. The van der Waals surface area contributed by atoms with E-state index >= 15 is 0 Å². The molecule has 0 radical (unpaired) electrons. The molecular weight excluding hydrogens is 186 g/mol. The lowest BCUT2D eigenvalue weighted by Gasteiger charge is -2.06. The standard InChI is InChI=1S/C9H13NO2S/c1-7(9(11)12)4-5-10-8-3-2-6-13-8/h2-3,6-7,10H,4-5H2,1H3,(H,11,12). The first-order valence-corrected chi connectivity index (χ1v) is 5.08. The maximum atomic E-state index is 10.5. The fourth-order valence-corrected chi connectivity index (χ4v) is 1.56. The Morgan fingerprint density at radius 1 is 1.77 bits per heavy atom. The molecule has 0 aromatic carbocycles. The van der Waals surface area contributed by atoms with Crippen LogP contribution in [0.2, 0.25) is 0 Å². The van der Waals surface area contributed by atoms with E-state index in [4.69, 9.17) is 5.11 Å². The van der Waals surface area contributed by atoms with Gasteiger partial charge in [0.15, 0.2) is 0 Å². The molecule has 72 valence electrons. The fourth-order valence-electron chi connectivity index (χ4n) is 0.914. The van der Waals surface area contributed by atoms with Gasteiger partial charge in [0.05, 0.1) is 10.9 Å². The van der Waals surface area contributed by atoms with Gasteiger partial charge >= 0.3 is 5.97 Å². The number of carbonyl (C=O) groups is 1. The molecule has 1 unspecified atom stereocenters. The number of rotatable bonds is 5. The summed E-state index contributed by atoms with van der Waals surface area (Å²) >= 11 is 1.62. The van der Waals surface area contributed by atoms with E-state index in [9.17, 15) is 4.79 Å². The number of thiophene rings is 1. The summed E-state index contributed by atoms with van der Waals surface area (Å²) in [6.07, 6.45) is 0.660. The first kappa shape index (κ1) is 10.1. The molecular formula is C9H13NO2S. The topological polar surface area (TPSA) is 49.3 Å². The molecule has 0 saturated carbocycles. The Morgan fingerprint density at radius 3 is 3.08 bits per heavy atom. The highest BCUT2D eigenvalue weighted by atomic mass is 32.1. The van der Waals surface area contributed by atoms with Crippen LogP contribution >= 0.6 is 11.3 Å². The molecule has 0 amide bonds. The number of aliphatic carboxylic acids is 1. The number of nitrogens with one attached hydrogen (secondary N) is 1. The van der Waals surface area contributed by atoms with Crippen molar-refractivity contribution in [3.8, 4) is 0 Å². The van der Waals surface area contributed by atoms with Crippen molar-refractivity contribution in [2.24, 2.45) is 5.92 Å². The highest BCUT2D eigenvalue weighted by Gasteiger charge is 2.09. The van der Waals surface area contributed by atoms with Gasteiger partial charge in [0.1, 0.15) is 0 Å². The molecule has 1 rings (SSSR count). The van der Waals surface area contributed by atoms with Gasteiger partial charge < -0.3 is 10.4 Å². The van der Waals surface area contributed by atoms with Crippen LogP contribution in [-0.2, 0) is 4.79 Å². The number of carboxylic acids is 1. The zero-order valence-corrected chi connectivity index (χ0v) is 8.30. The van der Waals surface area contributed by atoms with Gasteiger partial charge in [-0.3, -0.25) is 4.79 Å². The fraction of sp³-hybridized carbons (Fsp3) is 0.444. The van der Waals surface area contributed by atoms with Gasteiger partial charge in [0.25, 0.3) is 0 Å². The molecule has 1 aromatic rings. The van der Waals surface area contributed by atoms with Crippen LogP contribution in [0.1, 0.15) is 13.3 Å². The lowest BCUT2D eigenvalue weighted by molar-refractivity contribution is -0.141. The van der Waals surface area contributed by atoms with E-state index < -0.39 is 5.97 Å². The molecule has 1 atom stereocenters. The van der Waals surface area contributed by atoms with Crippen molar-refractivity contribution < 1.29 is 9.90 Å². The van der Waals surface area contributed by atoms with Crippen molar-refractivity contribution in [1.29, 1.82) is 0 Å². The molecule has 0 saturated heterocycles. The quantitative estimate of drug-likeness (QED) is 0.764. The minimum atomic E-state index is -0.729. The third kappa shape index (κ3) is 3.46. The molecule has 0 spiro atoms. The Morgan fingerprint density at radius 2 is 2.54 bits per heavy atom. The summed E-state index contributed by atoms with van der Waals surface area (Å²) in [6, 6.07) is 3.95.